The first-order chi connectivity index (χ1) is 25.2. The minimum atomic E-state index is -0.215. The van der Waals surface area contributed by atoms with Crippen LogP contribution in [-0.2, 0) is 0 Å². The van der Waals surface area contributed by atoms with E-state index in [9.17, 15) is 0 Å². The van der Waals surface area contributed by atoms with E-state index in [0.29, 0.717) is 0 Å². The normalized spacial score (nSPS) is 18.2. The Bertz CT molecular complexity index is 2940. The van der Waals surface area contributed by atoms with Gasteiger partial charge in [-0.05, 0) is 64.7 Å². The molecule has 6 nitrogen and oxygen atoms in total. The van der Waals surface area contributed by atoms with Gasteiger partial charge < -0.3 is 13.3 Å². The van der Waals surface area contributed by atoms with Crippen molar-refractivity contribution in [3.63, 3.8) is 0 Å². The van der Waals surface area contributed by atoms with E-state index in [0.717, 1.165) is 93.6 Å². The maximum atomic E-state index is 6.69. The second kappa shape index (κ2) is 11.2. The van der Waals surface area contributed by atoms with Gasteiger partial charge in [-0.2, -0.15) is 0 Å². The van der Waals surface area contributed by atoms with Crippen molar-refractivity contribution in [3.05, 3.63) is 168 Å². The first-order valence-corrected chi connectivity index (χ1v) is 17.3. The second-order valence-electron chi connectivity index (χ2n) is 13.4. The number of fused-ring (bicyclic) bond motifs is 9. The molecule has 1 saturated heterocycles. The molecule has 51 heavy (non-hydrogen) atoms. The fraction of sp³-hybridized carbons (Fsp3) is 0.0667. The van der Waals surface area contributed by atoms with E-state index in [1.54, 1.807) is 0 Å². The molecule has 244 valence electrons. The summed E-state index contributed by atoms with van der Waals surface area (Å²) >= 11 is 0. The Balaban J connectivity index is 0.999. The van der Waals surface area contributed by atoms with Crippen LogP contribution in [0.3, 0.4) is 0 Å². The van der Waals surface area contributed by atoms with Gasteiger partial charge in [0.25, 0.3) is 0 Å². The van der Waals surface area contributed by atoms with Crippen LogP contribution < -0.4 is 16.0 Å². The molecule has 0 saturated carbocycles. The maximum absolute atomic E-state index is 6.69. The fourth-order valence-electron chi connectivity index (χ4n) is 7.91. The number of rotatable bonds is 4. The molecule has 6 heteroatoms. The van der Waals surface area contributed by atoms with Gasteiger partial charge in [-0.3, -0.25) is 16.0 Å². The number of nitrogens with one attached hydrogen (secondary N) is 3. The Labute approximate surface area is 292 Å². The van der Waals surface area contributed by atoms with E-state index in [-0.39, 0.29) is 18.5 Å². The van der Waals surface area contributed by atoms with Gasteiger partial charge in [-0.1, -0.05) is 109 Å². The van der Waals surface area contributed by atoms with Crippen LogP contribution in [0.5, 0.6) is 0 Å². The lowest BCUT2D eigenvalue weighted by atomic mass is 9.99. The quantitative estimate of drug-likeness (QED) is 0.174. The highest BCUT2D eigenvalue weighted by Crippen LogP contribution is 2.39. The van der Waals surface area contributed by atoms with Gasteiger partial charge in [0.1, 0.15) is 33.5 Å². The number of furan rings is 3. The summed E-state index contributed by atoms with van der Waals surface area (Å²) in [5, 5.41) is 18.1. The van der Waals surface area contributed by atoms with E-state index in [4.69, 9.17) is 13.3 Å². The first kappa shape index (κ1) is 28.6. The molecule has 0 aliphatic carbocycles. The Hall–Kier alpha value is -6.18. The largest absolute Gasteiger partial charge is 0.456 e. The van der Waals surface area contributed by atoms with E-state index < -0.39 is 0 Å². The Morgan fingerprint density at radius 3 is 1.65 bits per heavy atom. The lowest BCUT2D eigenvalue weighted by Gasteiger charge is -2.39. The number of benzene rings is 7. The average molecular weight is 662 g/mol. The summed E-state index contributed by atoms with van der Waals surface area (Å²) < 4.78 is 19.1. The van der Waals surface area contributed by atoms with E-state index in [2.05, 4.69) is 137 Å². The molecule has 7 aromatic carbocycles. The Kier molecular flexibility index (Phi) is 6.27. The zero-order valence-corrected chi connectivity index (χ0v) is 27.4. The molecular weight excluding hydrogens is 631 g/mol. The molecule has 1 aliphatic rings. The lowest BCUT2D eigenvalue weighted by Crippen LogP contribution is -2.54. The zero-order valence-electron chi connectivity index (χ0n) is 27.4. The summed E-state index contributed by atoms with van der Waals surface area (Å²) in [7, 11) is 0. The minimum absolute atomic E-state index is 0.117. The predicted molar refractivity (Wildman–Crippen MR) is 204 cm³/mol. The molecule has 11 rings (SSSR count). The molecule has 0 spiro atoms. The third-order valence-corrected chi connectivity index (χ3v) is 10.4. The molecule has 10 aromatic rings. The molecule has 3 aromatic heterocycles. The summed E-state index contributed by atoms with van der Waals surface area (Å²) in [6.45, 7) is 0. The van der Waals surface area contributed by atoms with Crippen LogP contribution >= 0.6 is 0 Å². The van der Waals surface area contributed by atoms with Gasteiger partial charge in [-0.25, -0.2) is 0 Å². The standard InChI is InChI=1S/C45H31N3O3/c1-2-9-26(10-3-1)43-46-44(29-17-20-32-30-11-4-6-15-37(30)50-41(32)25-29)48-45(47-43)34-14-8-13-33-36-24-28(19-22-40(36)51-42(33)34)27-18-21-39-35(23-27)31-12-5-7-16-38(31)49-39/h1-25,43-48H. The molecule has 0 radical (unpaired) electrons. The van der Waals surface area contributed by atoms with Crippen molar-refractivity contribution >= 4 is 65.8 Å². The Morgan fingerprint density at radius 1 is 0.333 bits per heavy atom. The molecule has 0 bridgehead atoms. The molecular formula is C45H31N3O3. The van der Waals surface area contributed by atoms with Crippen LogP contribution in [0.25, 0.3) is 76.9 Å². The topological polar surface area (TPSA) is 75.5 Å². The van der Waals surface area contributed by atoms with E-state index in [1.807, 2.05) is 30.3 Å². The van der Waals surface area contributed by atoms with Crippen molar-refractivity contribution in [2.75, 3.05) is 0 Å². The fourth-order valence-corrected chi connectivity index (χ4v) is 7.91. The molecule has 0 amide bonds. The first-order valence-electron chi connectivity index (χ1n) is 17.3. The van der Waals surface area contributed by atoms with Crippen molar-refractivity contribution in [1.29, 1.82) is 0 Å². The smallest absolute Gasteiger partial charge is 0.141 e. The van der Waals surface area contributed by atoms with Crippen LogP contribution in [0.2, 0.25) is 0 Å². The number of hydrogen-bond acceptors (Lipinski definition) is 6. The van der Waals surface area contributed by atoms with Crippen molar-refractivity contribution in [3.8, 4) is 11.1 Å². The highest BCUT2D eigenvalue weighted by atomic mass is 16.3. The third-order valence-electron chi connectivity index (χ3n) is 10.4. The second-order valence-corrected chi connectivity index (χ2v) is 13.4. The van der Waals surface area contributed by atoms with Crippen molar-refractivity contribution in [2.45, 2.75) is 18.5 Å². The summed E-state index contributed by atoms with van der Waals surface area (Å²) in [6.07, 6.45) is -0.499. The average Bonchev–Trinajstić information content (AvgIpc) is 3.88. The zero-order chi connectivity index (χ0) is 33.5. The van der Waals surface area contributed by atoms with E-state index >= 15 is 0 Å². The monoisotopic (exact) mass is 661 g/mol. The molecule has 3 unspecified atom stereocenters. The van der Waals surface area contributed by atoms with Gasteiger partial charge in [0.15, 0.2) is 0 Å². The third kappa shape index (κ3) is 4.62. The minimum Gasteiger partial charge on any atom is -0.456 e. The van der Waals surface area contributed by atoms with Crippen molar-refractivity contribution in [2.24, 2.45) is 0 Å². The van der Waals surface area contributed by atoms with Crippen LogP contribution in [-0.4, -0.2) is 0 Å². The van der Waals surface area contributed by atoms with Gasteiger partial charge in [0.05, 0.1) is 18.5 Å². The molecule has 4 heterocycles. The highest BCUT2D eigenvalue weighted by molar-refractivity contribution is 6.09. The SMILES string of the molecule is c1ccc(C2NC(c3ccc4c(c3)oc3ccccc34)NC(c3cccc4c3oc3ccc(-c5ccc6oc7ccccc7c6c5)cc34)N2)cc1. The summed E-state index contributed by atoms with van der Waals surface area (Å²) in [4.78, 5) is 0. The molecule has 3 atom stereocenters. The van der Waals surface area contributed by atoms with Gasteiger partial charge >= 0.3 is 0 Å². The summed E-state index contributed by atoms with van der Waals surface area (Å²) in [6, 6.07) is 52.8. The summed E-state index contributed by atoms with van der Waals surface area (Å²) in [5.41, 5.74) is 10.9. The van der Waals surface area contributed by atoms with Crippen LogP contribution in [0.1, 0.15) is 35.2 Å². The van der Waals surface area contributed by atoms with Crippen LogP contribution in [0.15, 0.2) is 165 Å². The van der Waals surface area contributed by atoms with E-state index in [1.165, 1.54) is 0 Å². The van der Waals surface area contributed by atoms with Gasteiger partial charge in [0, 0.05) is 37.9 Å². The molecule has 1 aliphatic heterocycles. The summed E-state index contributed by atoms with van der Waals surface area (Å²) in [5.74, 6) is 0. The van der Waals surface area contributed by atoms with Crippen molar-refractivity contribution < 1.29 is 13.3 Å². The maximum Gasteiger partial charge on any atom is 0.141 e. The number of para-hydroxylation sites is 3. The van der Waals surface area contributed by atoms with Crippen LogP contribution in [0.4, 0.5) is 0 Å². The molecule has 1 fully saturated rings. The van der Waals surface area contributed by atoms with Gasteiger partial charge in [0.2, 0.25) is 0 Å². The Morgan fingerprint density at radius 2 is 0.882 bits per heavy atom. The molecule has 3 N–H and O–H groups in total. The van der Waals surface area contributed by atoms with Gasteiger partial charge in [-0.15, -0.1) is 0 Å². The van der Waals surface area contributed by atoms with Crippen molar-refractivity contribution in [1.82, 2.24) is 16.0 Å². The number of hydrogen-bond donors (Lipinski definition) is 3. The van der Waals surface area contributed by atoms with Crippen LogP contribution in [0, 0.1) is 0 Å². The highest BCUT2D eigenvalue weighted by Gasteiger charge is 2.32. The predicted octanol–water partition coefficient (Wildman–Crippen LogP) is 11.2. The lowest BCUT2D eigenvalue weighted by molar-refractivity contribution is 0.203.